The number of terminal acetylenes is 1. The van der Waals surface area contributed by atoms with Gasteiger partial charge < -0.3 is 5.32 Å². The highest BCUT2D eigenvalue weighted by atomic mass is 14.8. The molecule has 0 radical (unpaired) electrons. The predicted octanol–water partition coefficient (Wildman–Crippen LogP) is 1.73. The van der Waals surface area contributed by atoms with Gasteiger partial charge in [0, 0.05) is 6.54 Å². The summed E-state index contributed by atoms with van der Waals surface area (Å²) in [7, 11) is 0. The summed E-state index contributed by atoms with van der Waals surface area (Å²) in [5.41, 5.74) is 1.23. The number of likely N-dealkylation sites (N-methyl/N-ethyl adjacent to an activating group) is 1. The quantitative estimate of drug-likeness (QED) is 0.474. The molecule has 11 heavy (non-hydrogen) atoms. The second-order valence-corrected chi connectivity index (χ2v) is 2.14. The van der Waals surface area contributed by atoms with E-state index in [2.05, 4.69) is 24.2 Å². The van der Waals surface area contributed by atoms with Gasteiger partial charge in [0.2, 0.25) is 0 Å². The van der Waals surface area contributed by atoms with E-state index in [1.165, 1.54) is 5.57 Å². The zero-order valence-corrected chi connectivity index (χ0v) is 7.22. The normalized spacial score (nSPS) is 11.9. The van der Waals surface area contributed by atoms with Gasteiger partial charge in [-0.2, -0.15) is 0 Å². The Hall–Kier alpha value is -1.00. The van der Waals surface area contributed by atoms with Gasteiger partial charge in [-0.25, -0.2) is 0 Å². The molecule has 0 heterocycles. The average molecular weight is 149 g/mol. The Morgan fingerprint density at radius 3 is 2.82 bits per heavy atom. The molecule has 0 spiro atoms. The molecular weight excluding hydrogens is 134 g/mol. The van der Waals surface area contributed by atoms with E-state index in [1.54, 1.807) is 6.08 Å². The molecule has 0 aromatic heterocycles. The summed E-state index contributed by atoms with van der Waals surface area (Å²) in [6.07, 6.45) is 10.8. The molecule has 0 saturated heterocycles. The zero-order chi connectivity index (χ0) is 8.53. The van der Waals surface area contributed by atoms with Crippen molar-refractivity contribution in [1.82, 2.24) is 5.32 Å². The van der Waals surface area contributed by atoms with Crippen molar-refractivity contribution >= 4 is 0 Å². The first-order chi connectivity index (χ1) is 5.35. The van der Waals surface area contributed by atoms with Gasteiger partial charge in [-0.15, -0.1) is 6.42 Å². The van der Waals surface area contributed by atoms with Crippen LogP contribution in [0.15, 0.2) is 23.8 Å². The van der Waals surface area contributed by atoms with Gasteiger partial charge in [0.15, 0.2) is 0 Å². The van der Waals surface area contributed by atoms with Crippen molar-refractivity contribution in [3.8, 4) is 12.3 Å². The number of hydrogen-bond donors (Lipinski definition) is 1. The summed E-state index contributed by atoms with van der Waals surface area (Å²) >= 11 is 0. The summed E-state index contributed by atoms with van der Waals surface area (Å²) in [4.78, 5) is 0. The number of hydrogen-bond acceptors (Lipinski definition) is 1. The zero-order valence-electron chi connectivity index (χ0n) is 7.22. The van der Waals surface area contributed by atoms with Crippen LogP contribution in [0.2, 0.25) is 0 Å². The smallest absolute Gasteiger partial charge is 0.0202 e. The van der Waals surface area contributed by atoms with Crippen molar-refractivity contribution < 1.29 is 0 Å². The summed E-state index contributed by atoms with van der Waals surface area (Å²) in [6.45, 7) is 5.97. The largest absolute Gasteiger partial charge is 0.313 e. The van der Waals surface area contributed by atoms with E-state index in [0.717, 1.165) is 13.1 Å². The molecule has 0 atom stereocenters. The van der Waals surface area contributed by atoms with E-state index in [-0.39, 0.29) is 0 Å². The summed E-state index contributed by atoms with van der Waals surface area (Å²) in [6, 6.07) is 0. The van der Waals surface area contributed by atoms with Crippen molar-refractivity contribution in [3.05, 3.63) is 23.8 Å². The van der Waals surface area contributed by atoms with E-state index in [0.29, 0.717) is 0 Å². The fourth-order valence-corrected chi connectivity index (χ4v) is 0.682. The Labute approximate surface area is 69.2 Å². The predicted molar refractivity (Wildman–Crippen MR) is 50.3 cm³/mol. The molecule has 60 valence electrons. The minimum absolute atomic E-state index is 0.894. The molecule has 1 nitrogen and oxygen atoms in total. The molecule has 0 aliphatic rings. The van der Waals surface area contributed by atoms with Crippen molar-refractivity contribution in [2.75, 3.05) is 13.1 Å². The molecule has 0 aromatic rings. The fraction of sp³-hybridized carbons (Fsp3) is 0.400. The van der Waals surface area contributed by atoms with Gasteiger partial charge in [-0.1, -0.05) is 18.9 Å². The van der Waals surface area contributed by atoms with Crippen molar-refractivity contribution in [3.63, 3.8) is 0 Å². The minimum atomic E-state index is 0.894. The van der Waals surface area contributed by atoms with Crippen LogP contribution in [0.5, 0.6) is 0 Å². The first-order valence-electron chi connectivity index (χ1n) is 3.83. The van der Waals surface area contributed by atoms with Crippen molar-refractivity contribution in [2.24, 2.45) is 0 Å². The molecule has 0 aliphatic carbocycles. The molecule has 0 aliphatic heterocycles. The molecule has 0 saturated carbocycles. The average Bonchev–Trinajstić information content (AvgIpc) is 2.05. The van der Waals surface area contributed by atoms with Crippen LogP contribution in [0.1, 0.15) is 13.8 Å². The van der Waals surface area contributed by atoms with E-state index >= 15 is 0 Å². The third-order valence-electron chi connectivity index (χ3n) is 1.34. The monoisotopic (exact) mass is 149 g/mol. The number of nitrogens with one attached hydrogen (secondary N) is 1. The second-order valence-electron chi connectivity index (χ2n) is 2.14. The third kappa shape index (κ3) is 5.44. The van der Waals surface area contributed by atoms with Crippen LogP contribution in [-0.4, -0.2) is 13.1 Å². The Morgan fingerprint density at radius 1 is 1.64 bits per heavy atom. The van der Waals surface area contributed by atoms with E-state index in [4.69, 9.17) is 6.42 Å². The molecule has 1 N–H and O–H groups in total. The van der Waals surface area contributed by atoms with Crippen LogP contribution in [0.4, 0.5) is 0 Å². The Morgan fingerprint density at radius 2 is 2.36 bits per heavy atom. The van der Waals surface area contributed by atoms with Crippen molar-refractivity contribution in [1.29, 1.82) is 0 Å². The van der Waals surface area contributed by atoms with Gasteiger partial charge in [0.25, 0.3) is 0 Å². The topological polar surface area (TPSA) is 12.0 Å². The maximum Gasteiger partial charge on any atom is 0.0202 e. The molecule has 0 rings (SSSR count). The molecule has 0 aromatic carbocycles. The summed E-state index contributed by atoms with van der Waals surface area (Å²) in [5.74, 6) is 2.46. The van der Waals surface area contributed by atoms with E-state index < -0.39 is 0 Å². The SMILES string of the molecule is C#C/C=C\C(=C/C)CNCC. The van der Waals surface area contributed by atoms with Crippen LogP contribution in [0.25, 0.3) is 0 Å². The molecule has 0 amide bonds. The van der Waals surface area contributed by atoms with Gasteiger partial charge in [-0.3, -0.25) is 0 Å². The molecule has 0 unspecified atom stereocenters. The molecular formula is C10H15N. The van der Waals surface area contributed by atoms with Gasteiger partial charge in [0.05, 0.1) is 0 Å². The van der Waals surface area contributed by atoms with Crippen molar-refractivity contribution in [2.45, 2.75) is 13.8 Å². The lowest BCUT2D eigenvalue weighted by molar-refractivity contribution is 0.784. The van der Waals surface area contributed by atoms with Gasteiger partial charge >= 0.3 is 0 Å². The molecule has 1 heteroatoms. The summed E-state index contributed by atoms with van der Waals surface area (Å²) < 4.78 is 0. The maximum absolute atomic E-state index is 5.08. The summed E-state index contributed by atoms with van der Waals surface area (Å²) in [5, 5.41) is 3.22. The highest BCUT2D eigenvalue weighted by Gasteiger charge is 1.86. The van der Waals surface area contributed by atoms with Crippen LogP contribution in [0.3, 0.4) is 0 Å². The van der Waals surface area contributed by atoms with Crippen LogP contribution in [0, 0.1) is 12.3 Å². The lowest BCUT2D eigenvalue weighted by Gasteiger charge is -2.00. The number of allylic oxidation sites excluding steroid dienone is 2. The van der Waals surface area contributed by atoms with E-state index in [9.17, 15) is 0 Å². The Kier molecular flexibility index (Phi) is 6.46. The van der Waals surface area contributed by atoms with Crippen LogP contribution < -0.4 is 5.32 Å². The fourth-order valence-electron chi connectivity index (χ4n) is 0.682. The second kappa shape index (κ2) is 7.11. The van der Waals surface area contributed by atoms with Gasteiger partial charge in [-0.05, 0) is 31.2 Å². The molecule has 0 fully saturated rings. The van der Waals surface area contributed by atoms with Crippen LogP contribution >= 0.6 is 0 Å². The lowest BCUT2D eigenvalue weighted by Crippen LogP contribution is -2.15. The standard InChI is InChI=1S/C10H15N/c1-4-7-8-10(5-2)9-11-6-3/h1,5,7-8,11H,6,9H2,2-3H3/b8-7-,10-5+. The van der Waals surface area contributed by atoms with Gasteiger partial charge in [0.1, 0.15) is 0 Å². The Bertz CT molecular complexity index is 182. The Balaban J connectivity index is 3.80. The highest BCUT2D eigenvalue weighted by molar-refractivity contribution is 5.25. The number of rotatable bonds is 4. The van der Waals surface area contributed by atoms with Crippen LogP contribution in [-0.2, 0) is 0 Å². The third-order valence-corrected chi connectivity index (χ3v) is 1.34. The van der Waals surface area contributed by atoms with E-state index in [1.807, 2.05) is 13.0 Å². The molecule has 0 bridgehead atoms. The maximum atomic E-state index is 5.08. The highest BCUT2D eigenvalue weighted by Crippen LogP contribution is 1.93. The minimum Gasteiger partial charge on any atom is -0.313 e. The first-order valence-corrected chi connectivity index (χ1v) is 3.83. The first kappa shape index (κ1) is 10.0. The lowest BCUT2D eigenvalue weighted by atomic mass is 10.2.